The van der Waals surface area contributed by atoms with E-state index in [4.69, 9.17) is 5.26 Å². The maximum atomic E-state index is 9.04. The van der Waals surface area contributed by atoms with E-state index < -0.39 is 0 Å². The van der Waals surface area contributed by atoms with Crippen LogP contribution in [0.1, 0.15) is 65.7 Å². The molecule has 1 unspecified atom stereocenters. The summed E-state index contributed by atoms with van der Waals surface area (Å²) in [5, 5.41) is 12.6. The van der Waals surface area contributed by atoms with E-state index in [1.54, 1.807) is 0 Å². The lowest BCUT2D eigenvalue weighted by atomic mass is 9.89. The van der Waals surface area contributed by atoms with Crippen molar-refractivity contribution in [3.05, 3.63) is 0 Å². The molecular weight excluding hydrogens is 246 g/mol. The Morgan fingerprint density at radius 1 is 1.25 bits per heavy atom. The first-order chi connectivity index (χ1) is 9.57. The second kappa shape index (κ2) is 9.37. The zero-order chi connectivity index (χ0) is 14.8. The van der Waals surface area contributed by atoms with E-state index in [9.17, 15) is 0 Å². The lowest BCUT2D eigenvalue weighted by molar-refractivity contribution is 0.237. The molecule has 1 aliphatic heterocycles. The van der Waals surface area contributed by atoms with Gasteiger partial charge in [0.1, 0.15) is 0 Å². The highest BCUT2D eigenvalue weighted by Gasteiger charge is 2.18. The van der Waals surface area contributed by atoms with Gasteiger partial charge in [-0.05, 0) is 65.6 Å². The molecule has 1 heterocycles. The van der Waals surface area contributed by atoms with Gasteiger partial charge in [-0.15, -0.1) is 0 Å². The number of nitrogens with one attached hydrogen (secondary N) is 1. The fraction of sp³-hybridized carbons (Fsp3) is 0.941. The molecule has 0 radical (unpaired) electrons. The van der Waals surface area contributed by atoms with Gasteiger partial charge in [-0.2, -0.15) is 5.26 Å². The van der Waals surface area contributed by atoms with Crippen molar-refractivity contribution in [3.63, 3.8) is 0 Å². The Morgan fingerprint density at radius 3 is 2.60 bits per heavy atom. The smallest absolute Gasteiger partial charge is 0.0683 e. The third kappa shape index (κ3) is 7.26. The first-order valence-electron chi connectivity index (χ1n) is 8.44. The summed E-state index contributed by atoms with van der Waals surface area (Å²) in [4.78, 5) is 2.63. The maximum Gasteiger partial charge on any atom is 0.0683 e. The SMILES string of the molecule is CCCCN(CCCCC(C)(C)C#N)CC1CCCN1. The van der Waals surface area contributed by atoms with Gasteiger partial charge < -0.3 is 10.2 Å². The van der Waals surface area contributed by atoms with Crippen molar-refractivity contribution in [1.82, 2.24) is 10.2 Å². The molecule has 0 amide bonds. The van der Waals surface area contributed by atoms with Crippen molar-refractivity contribution in [2.24, 2.45) is 5.41 Å². The fourth-order valence-electron chi connectivity index (χ4n) is 2.86. The van der Waals surface area contributed by atoms with Gasteiger partial charge in [0.2, 0.25) is 0 Å². The van der Waals surface area contributed by atoms with Crippen molar-refractivity contribution < 1.29 is 0 Å². The van der Waals surface area contributed by atoms with Gasteiger partial charge in [0.25, 0.3) is 0 Å². The van der Waals surface area contributed by atoms with Gasteiger partial charge in [0.05, 0.1) is 11.5 Å². The minimum atomic E-state index is -0.152. The van der Waals surface area contributed by atoms with Crippen LogP contribution in [0.4, 0.5) is 0 Å². The molecule has 1 fully saturated rings. The predicted octanol–water partition coefficient (Wildman–Crippen LogP) is 3.56. The molecule has 0 aromatic carbocycles. The van der Waals surface area contributed by atoms with Crippen LogP contribution in [0, 0.1) is 16.7 Å². The van der Waals surface area contributed by atoms with Crippen LogP contribution in [0.2, 0.25) is 0 Å². The summed E-state index contributed by atoms with van der Waals surface area (Å²) in [6, 6.07) is 3.11. The highest BCUT2D eigenvalue weighted by Crippen LogP contribution is 2.21. The minimum absolute atomic E-state index is 0.152. The molecule has 3 nitrogen and oxygen atoms in total. The number of hydrogen-bond acceptors (Lipinski definition) is 3. The highest BCUT2D eigenvalue weighted by atomic mass is 15.1. The van der Waals surface area contributed by atoms with Crippen LogP contribution in [0.3, 0.4) is 0 Å². The Morgan fingerprint density at radius 2 is 2.00 bits per heavy atom. The molecule has 116 valence electrons. The van der Waals surface area contributed by atoms with Crippen molar-refractivity contribution in [2.45, 2.75) is 71.8 Å². The third-order valence-corrected chi connectivity index (χ3v) is 4.30. The maximum absolute atomic E-state index is 9.04. The summed E-state index contributed by atoms with van der Waals surface area (Å²) < 4.78 is 0. The molecule has 0 aromatic rings. The standard InChI is InChI=1S/C17H33N3/c1-4-5-12-20(14-16-9-8-11-19-16)13-7-6-10-17(2,3)15-18/h16,19H,4-14H2,1-3H3. The monoisotopic (exact) mass is 279 g/mol. The van der Waals surface area contributed by atoms with E-state index in [2.05, 4.69) is 23.2 Å². The summed E-state index contributed by atoms with van der Waals surface area (Å²) in [5.41, 5.74) is -0.152. The normalized spacial score (nSPS) is 19.4. The molecule has 1 atom stereocenters. The molecule has 0 aromatic heterocycles. The van der Waals surface area contributed by atoms with Gasteiger partial charge >= 0.3 is 0 Å². The van der Waals surface area contributed by atoms with Gasteiger partial charge in [-0.3, -0.25) is 0 Å². The van der Waals surface area contributed by atoms with Gasteiger partial charge in [0.15, 0.2) is 0 Å². The molecule has 0 spiro atoms. The van der Waals surface area contributed by atoms with Gasteiger partial charge in [0, 0.05) is 12.6 Å². The number of hydrogen-bond donors (Lipinski definition) is 1. The van der Waals surface area contributed by atoms with E-state index in [-0.39, 0.29) is 5.41 Å². The molecule has 0 aliphatic carbocycles. The van der Waals surface area contributed by atoms with Crippen LogP contribution in [0.25, 0.3) is 0 Å². The molecule has 1 saturated heterocycles. The Labute approximate surface area is 125 Å². The zero-order valence-electron chi connectivity index (χ0n) is 13.7. The second-order valence-electron chi connectivity index (χ2n) is 6.90. The topological polar surface area (TPSA) is 39.1 Å². The Kier molecular flexibility index (Phi) is 8.18. The molecule has 20 heavy (non-hydrogen) atoms. The molecule has 1 rings (SSSR count). The van der Waals surface area contributed by atoms with E-state index in [1.807, 2.05) is 13.8 Å². The number of unbranched alkanes of at least 4 members (excludes halogenated alkanes) is 2. The zero-order valence-corrected chi connectivity index (χ0v) is 13.7. The van der Waals surface area contributed by atoms with E-state index in [0.717, 1.165) is 6.42 Å². The summed E-state index contributed by atoms with van der Waals surface area (Å²) in [5.74, 6) is 0. The second-order valence-corrected chi connectivity index (χ2v) is 6.90. The summed E-state index contributed by atoms with van der Waals surface area (Å²) in [6.07, 6.45) is 8.66. The van der Waals surface area contributed by atoms with Crippen LogP contribution in [0.5, 0.6) is 0 Å². The first-order valence-corrected chi connectivity index (χ1v) is 8.44. The van der Waals surface area contributed by atoms with Crippen molar-refractivity contribution in [2.75, 3.05) is 26.2 Å². The summed E-state index contributed by atoms with van der Waals surface area (Å²) in [6.45, 7) is 11.2. The summed E-state index contributed by atoms with van der Waals surface area (Å²) in [7, 11) is 0. The van der Waals surface area contributed by atoms with Crippen molar-refractivity contribution in [1.29, 1.82) is 5.26 Å². The third-order valence-electron chi connectivity index (χ3n) is 4.30. The Balaban J connectivity index is 2.23. The molecule has 1 N–H and O–H groups in total. The quantitative estimate of drug-likeness (QED) is 0.621. The molecular formula is C17H33N3. The average molecular weight is 279 g/mol. The summed E-state index contributed by atoms with van der Waals surface area (Å²) >= 11 is 0. The lowest BCUT2D eigenvalue weighted by Crippen LogP contribution is -2.38. The number of nitrogens with zero attached hydrogens (tertiary/aromatic N) is 2. The van der Waals surface area contributed by atoms with E-state index in [1.165, 1.54) is 64.7 Å². The predicted molar refractivity (Wildman–Crippen MR) is 85.6 cm³/mol. The molecule has 0 saturated carbocycles. The number of nitriles is 1. The van der Waals surface area contributed by atoms with Crippen LogP contribution in [-0.4, -0.2) is 37.1 Å². The largest absolute Gasteiger partial charge is 0.313 e. The average Bonchev–Trinajstić information content (AvgIpc) is 2.93. The molecule has 1 aliphatic rings. The van der Waals surface area contributed by atoms with Crippen LogP contribution >= 0.6 is 0 Å². The van der Waals surface area contributed by atoms with Gasteiger partial charge in [-0.25, -0.2) is 0 Å². The van der Waals surface area contributed by atoms with Crippen LogP contribution in [-0.2, 0) is 0 Å². The van der Waals surface area contributed by atoms with Crippen molar-refractivity contribution in [3.8, 4) is 6.07 Å². The van der Waals surface area contributed by atoms with E-state index >= 15 is 0 Å². The number of rotatable bonds is 10. The van der Waals surface area contributed by atoms with Gasteiger partial charge in [-0.1, -0.05) is 19.8 Å². The molecule has 0 bridgehead atoms. The van der Waals surface area contributed by atoms with Crippen LogP contribution in [0.15, 0.2) is 0 Å². The fourth-order valence-corrected chi connectivity index (χ4v) is 2.86. The van der Waals surface area contributed by atoms with E-state index in [0.29, 0.717) is 6.04 Å². The minimum Gasteiger partial charge on any atom is -0.313 e. The van der Waals surface area contributed by atoms with Crippen molar-refractivity contribution >= 4 is 0 Å². The molecule has 3 heteroatoms. The Hall–Kier alpha value is -0.590. The van der Waals surface area contributed by atoms with Crippen LogP contribution < -0.4 is 5.32 Å². The Bertz CT molecular complexity index is 287. The highest BCUT2D eigenvalue weighted by molar-refractivity contribution is 4.91. The lowest BCUT2D eigenvalue weighted by Gasteiger charge is -2.26. The first kappa shape index (κ1) is 17.5.